The van der Waals surface area contributed by atoms with Gasteiger partial charge in [0.05, 0.1) is 22.7 Å². The average Bonchev–Trinajstić information content (AvgIpc) is 3.11. The molecule has 1 aromatic heterocycles. The number of hydrogen-bond donors (Lipinski definition) is 1. The zero-order valence-corrected chi connectivity index (χ0v) is 19.6. The van der Waals surface area contributed by atoms with Gasteiger partial charge in [-0.3, -0.25) is 4.99 Å². The van der Waals surface area contributed by atoms with E-state index in [-0.39, 0.29) is 11.7 Å². The summed E-state index contributed by atoms with van der Waals surface area (Å²) in [6.45, 7) is 5.17. The Morgan fingerprint density at radius 2 is 2.03 bits per heavy atom. The molecule has 0 radical (unpaired) electrons. The maximum Gasteiger partial charge on any atom is 0.396 e. The highest BCUT2D eigenvalue weighted by atomic mass is 35.5. The first-order valence-electron chi connectivity index (χ1n) is 11.3. The lowest BCUT2D eigenvalue weighted by molar-refractivity contribution is -0.159. The van der Waals surface area contributed by atoms with E-state index in [1.807, 2.05) is 12.1 Å². The van der Waals surface area contributed by atoms with Crippen molar-refractivity contribution in [3.05, 3.63) is 70.1 Å². The van der Waals surface area contributed by atoms with Crippen molar-refractivity contribution in [2.45, 2.75) is 57.3 Å². The first-order chi connectivity index (χ1) is 16.1. The maximum absolute atomic E-state index is 13.0. The summed E-state index contributed by atoms with van der Waals surface area (Å²) in [5.74, 6) is -1.77. The van der Waals surface area contributed by atoms with Crippen molar-refractivity contribution in [1.29, 1.82) is 5.26 Å². The number of benzene rings is 1. The Kier molecular flexibility index (Phi) is 6.64. The molecule has 1 aliphatic heterocycles. The van der Waals surface area contributed by atoms with Crippen molar-refractivity contribution in [3.63, 3.8) is 0 Å². The van der Waals surface area contributed by atoms with Crippen molar-refractivity contribution in [1.82, 2.24) is 4.57 Å². The molecule has 2 unspecified atom stereocenters. The molecule has 1 saturated carbocycles. The van der Waals surface area contributed by atoms with E-state index >= 15 is 0 Å². The minimum Gasteiger partial charge on any atom is -0.402 e. The molecule has 2 aliphatic rings. The van der Waals surface area contributed by atoms with Gasteiger partial charge < -0.3 is 10.3 Å². The summed E-state index contributed by atoms with van der Waals surface area (Å²) in [6.07, 6.45) is 5.43. The van der Waals surface area contributed by atoms with E-state index in [9.17, 15) is 18.4 Å². The minimum absolute atomic E-state index is 0.211. The Labute approximate surface area is 201 Å². The van der Waals surface area contributed by atoms with Gasteiger partial charge in [-0.15, -0.1) is 0 Å². The Balaban J connectivity index is 1.78. The summed E-state index contributed by atoms with van der Waals surface area (Å²) in [7, 11) is 0. The fourth-order valence-electron chi connectivity index (χ4n) is 4.84. The van der Waals surface area contributed by atoms with Crippen LogP contribution in [0.2, 0.25) is 5.02 Å². The number of alkyl halides is 3. The standard InChI is InChI=1S/C26H26ClF3N4/c1-15-10-17(11-22(32)16(2)26(28,29)30)14-33-24(15)25-21(13-31)20-9-8-18(27)12-23(20)34(25)19-6-4-3-5-7-19/h8-12,14,16,19,24H,1,3-7,32H2,2H3. The van der Waals surface area contributed by atoms with Crippen LogP contribution in [0.5, 0.6) is 0 Å². The van der Waals surface area contributed by atoms with E-state index in [0.717, 1.165) is 49.2 Å². The number of fused-ring (bicyclic) bond motifs is 1. The molecule has 2 heterocycles. The third-order valence-electron chi connectivity index (χ3n) is 6.72. The number of dihydropyridines is 1. The fraction of sp³-hybridized carbons (Fsp3) is 0.385. The molecule has 1 aromatic carbocycles. The van der Waals surface area contributed by atoms with Gasteiger partial charge in [0.25, 0.3) is 0 Å². The van der Waals surface area contributed by atoms with Crippen LogP contribution in [-0.2, 0) is 0 Å². The van der Waals surface area contributed by atoms with Gasteiger partial charge in [0, 0.05) is 28.4 Å². The van der Waals surface area contributed by atoms with Gasteiger partial charge in [-0.25, -0.2) is 0 Å². The highest BCUT2D eigenvalue weighted by Crippen LogP contribution is 2.43. The summed E-state index contributed by atoms with van der Waals surface area (Å²) in [5.41, 5.74) is 8.62. The lowest BCUT2D eigenvalue weighted by atomic mass is 9.93. The predicted octanol–water partition coefficient (Wildman–Crippen LogP) is 7.32. The zero-order chi connectivity index (χ0) is 24.6. The van der Waals surface area contributed by atoms with Crippen molar-refractivity contribution >= 4 is 28.7 Å². The van der Waals surface area contributed by atoms with Crippen LogP contribution < -0.4 is 5.73 Å². The topological polar surface area (TPSA) is 67.1 Å². The Morgan fingerprint density at radius 3 is 2.65 bits per heavy atom. The van der Waals surface area contributed by atoms with Crippen LogP contribution in [0.4, 0.5) is 13.2 Å². The van der Waals surface area contributed by atoms with E-state index in [0.29, 0.717) is 21.7 Å². The van der Waals surface area contributed by atoms with E-state index in [2.05, 4.69) is 22.2 Å². The van der Waals surface area contributed by atoms with Gasteiger partial charge in [0.15, 0.2) is 0 Å². The molecule has 0 saturated heterocycles. The van der Waals surface area contributed by atoms with Gasteiger partial charge in [-0.1, -0.05) is 43.5 Å². The molecule has 2 N–H and O–H groups in total. The van der Waals surface area contributed by atoms with E-state index in [1.54, 1.807) is 12.1 Å². The van der Waals surface area contributed by atoms with Crippen molar-refractivity contribution in [2.24, 2.45) is 16.6 Å². The molecular formula is C26H26ClF3N4. The number of rotatable bonds is 4. The summed E-state index contributed by atoms with van der Waals surface area (Å²) in [5, 5.41) is 11.5. The Morgan fingerprint density at radius 1 is 1.32 bits per heavy atom. The lowest BCUT2D eigenvalue weighted by Crippen LogP contribution is -2.25. The number of nitrogens with two attached hydrogens (primary N) is 1. The SMILES string of the molecule is C=C1C=C(C=C(N)C(C)C(F)(F)F)C=NC1c1c(C#N)c2ccc(Cl)cc2n1C1CCCCC1. The number of nitriles is 1. The number of allylic oxidation sites excluding steroid dienone is 3. The van der Waals surface area contributed by atoms with Crippen LogP contribution in [-0.4, -0.2) is 17.0 Å². The summed E-state index contributed by atoms with van der Waals surface area (Å²) in [4.78, 5) is 4.64. The third kappa shape index (κ3) is 4.52. The van der Waals surface area contributed by atoms with E-state index < -0.39 is 18.1 Å². The molecular weight excluding hydrogens is 461 g/mol. The number of hydrogen-bond acceptors (Lipinski definition) is 3. The molecule has 0 amide bonds. The maximum atomic E-state index is 13.0. The van der Waals surface area contributed by atoms with Gasteiger partial charge in [0.1, 0.15) is 12.1 Å². The zero-order valence-electron chi connectivity index (χ0n) is 18.9. The molecule has 1 aliphatic carbocycles. The van der Waals surface area contributed by atoms with Crippen LogP contribution >= 0.6 is 11.6 Å². The second-order valence-corrected chi connectivity index (χ2v) is 9.44. The number of aromatic nitrogens is 1. The molecule has 0 spiro atoms. The molecule has 178 valence electrons. The van der Waals surface area contributed by atoms with Gasteiger partial charge in [0.2, 0.25) is 0 Å². The smallest absolute Gasteiger partial charge is 0.396 e. The summed E-state index contributed by atoms with van der Waals surface area (Å²) in [6, 6.07) is 7.55. The number of nitrogens with zero attached hydrogens (tertiary/aromatic N) is 3. The van der Waals surface area contributed by atoms with E-state index in [1.165, 1.54) is 18.7 Å². The average molecular weight is 487 g/mol. The molecule has 4 nitrogen and oxygen atoms in total. The molecule has 4 rings (SSSR count). The molecule has 0 bridgehead atoms. The molecule has 1 fully saturated rings. The molecule has 34 heavy (non-hydrogen) atoms. The second-order valence-electron chi connectivity index (χ2n) is 9.00. The predicted molar refractivity (Wildman–Crippen MR) is 130 cm³/mol. The summed E-state index contributed by atoms with van der Waals surface area (Å²) < 4.78 is 41.2. The highest BCUT2D eigenvalue weighted by Gasteiger charge is 2.37. The quantitative estimate of drug-likeness (QED) is 0.492. The van der Waals surface area contributed by atoms with Crippen LogP contribution in [0.15, 0.2) is 58.8 Å². The van der Waals surface area contributed by atoms with Crippen LogP contribution in [0, 0.1) is 17.2 Å². The summed E-state index contributed by atoms with van der Waals surface area (Å²) >= 11 is 6.32. The Hall–Kier alpha value is -2.98. The minimum atomic E-state index is -4.42. The highest BCUT2D eigenvalue weighted by molar-refractivity contribution is 6.31. The van der Waals surface area contributed by atoms with Gasteiger partial charge >= 0.3 is 6.18 Å². The van der Waals surface area contributed by atoms with Crippen molar-refractivity contribution < 1.29 is 13.2 Å². The first-order valence-corrected chi connectivity index (χ1v) is 11.7. The number of halogens is 4. The normalized spacial score (nSPS) is 20.9. The van der Waals surface area contributed by atoms with E-state index in [4.69, 9.17) is 17.3 Å². The van der Waals surface area contributed by atoms with Gasteiger partial charge in [-0.05, 0) is 55.2 Å². The van der Waals surface area contributed by atoms with Crippen LogP contribution in [0.25, 0.3) is 10.9 Å². The number of aliphatic imine (C=N–C) groups is 1. The second kappa shape index (κ2) is 9.34. The molecule has 2 atom stereocenters. The van der Waals surface area contributed by atoms with Crippen molar-refractivity contribution in [2.75, 3.05) is 0 Å². The van der Waals surface area contributed by atoms with Crippen molar-refractivity contribution in [3.8, 4) is 6.07 Å². The van der Waals surface area contributed by atoms with Crippen LogP contribution in [0.3, 0.4) is 0 Å². The largest absolute Gasteiger partial charge is 0.402 e. The molecule has 8 heteroatoms. The monoisotopic (exact) mass is 486 g/mol. The first kappa shape index (κ1) is 24.2. The van der Waals surface area contributed by atoms with Crippen LogP contribution in [0.1, 0.15) is 62.4 Å². The van der Waals surface area contributed by atoms with Gasteiger partial charge in [-0.2, -0.15) is 18.4 Å². The third-order valence-corrected chi connectivity index (χ3v) is 6.95. The lowest BCUT2D eigenvalue weighted by Gasteiger charge is -2.29. The fourth-order valence-corrected chi connectivity index (χ4v) is 5.01. The molecule has 2 aromatic rings. The Bertz CT molecular complexity index is 1250.